The Kier molecular flexibility index (Phi) is 5.39. The first-order valence-corrected chi connectivity index (χ1v) is 32.0. The summed E-state index contributed by atoms with van der Waals surface area (Å²) in [5.74, 6) is 0. The van der Waals surface area contributed by atoms with Gasteiger partial charge in [-0.05, 0) is 16.9 Å². The molecule has 0 aromatic carbocycles. The summed E-state index contributed by atoms with van der Waals surface area (Å²) in [6, 6.07) is 1.65. The highest BCUT2D eigenvalue weighted by Crippen LogP contribution is 2.69. The van der Waals surface area contributed by atoms with Crippen molar-refractivity contribution < 1.29 is 0 Å². The van der Waals surface area contributed by atoms with Crippen molar-refractivity contribution in [3.63, 3.8) is 0 Å². The second kappa shape index (κ2) is 5.33. The van der Waals surface area contributed by atoms with Gasteiger partial charge in [-0.3, -0.25) is 8.93 Å². The van der Waals surface area contributed by atoms with Crippen LogP contribution in [0.25, 0.3) is 0 Å². The van der Waals surface area contributed by atoms with Crippen LogP contribution in [-0.4, -0.2) is 51.7 Å². The number of halogens is 1. The average Bonchev–Trinajstić information content (AvgIpc) is 2.26. The van der Waals surface area contributed by atoms with E-state index in [1.165, 1.54) is 4.43 Å². The van der Waals surface area contributed by atoms with Crippen molar-refractivity contribution in [2.75, 3.05) is 16.9 Å². The maximum Gasteiger partial charge on any atom is 0.0759 e. The van der Waals surface area contributed by atoms with Gasteiger partial charge in [-0.15, -0.1) is 0 Å². The monoisotopic (exact) mass is 492 g/mol. The second-order valence-electron chi connectivity index (χ2n) is 9.37. The van der Waals surface area contributed by atoms with Gasteiger partial charge in [-0.1, -0.05) is 87.6 Å². The molecule has 1 heterocycles. The Balaban J connectivity index is 3.73. The molecule has 0 aliphatic carbocycles. The van der Waals surface area contributed by atoms with E-state index in [0.29, 0.717) is 0 Å². The first kappa shape index (κ1) is 20.2. The summed E-state index contributed by atoms with van der Waals surface area (Å²) in [7, 11) is -3.44. The maximum atomic E-state index is 2.91. The lowest BCUT2D eigenvalue weighted by Gasteiger charge is -2.76. The molecule has 7 heteroatoms. The molecule has 0 atom stereocenters. The molecule has 0 aromatic rings. The van der Waals surface area contributed by atoms with Gasteiger partial charge in [0.2, 0.25) is 0 Å². The van der Waals surface area contributed by atoms with E-state index < -0.39 is 34.8 Å². The molecule has 20 heavy (non-hydrogen) atoms. The Hall–Kier alpha value is 2.16. The van der Waals surface area contributed by atoms with Crippen LogP contribution >= 0.6 is 31.5 Å². The van der Waals surface area contributed by atoms with Crippen molar-refractivity contribution in [2.24, 2.45) is 0 Å². The molecule has 122 valence electrons. The Bertz CT molecular complexity index is 374. The molecule has 0 nitrogen and oxygen atoms in total. The Labute approximate surface area is 147 Å². The third-order valence-electron chi connectivity index (χ3n) is 8.92. The maximum absolute atomic E-state index is 2.91. The quantitative estimate of drug-likeness (QED) is 0.263. The van der Waals surface area contributed by atoms with Crippen LogP contribution in [0.4, 0.5) is 0 Å². The zero-order valence-corrected chi connectivity index (χ0v) is 23.7. The minimum atomic E-state index is -1.07. The fourth-order valence-corrected chi connectivity index (χ4v) is 228. The van der Waals surface area contributed by atoms with E-state index in [9.17, 15) is 0 Å². The predicted molar refractivity (Wildman–Crippen MR) is 125 cm³/mol. The molecule has 1 rings (SSSR count). The third kappa shape index (κ3) is 2.05. The number of hydrogen-bond donors (Lipinski definition) is 0. The Morgan fingerprint density at radius 3 is 1.25 bits per heavy atom. The molecule has 1 saturated heterocycles. The fraction of sp³-hybridized carbons (Fsp3) is 1.00. The molecule has 0 bridgehead atoms. The van der Waals surface area contributed by atoms with Crippen molar-refractivity contribution in [3.8, 4) is 0 Å². The Morgan fingerprint density at radius 2 is 1.00 bits per heavy atom. The van der Waals surface area contributed by atoms with Crippen LogP contribution in [-0.2, 0) is 0 Å². The van der Waals surface area contributed by atoms with Gasteiger partial charge in [0.05, 0.1) is 13.5 Å². The van der Waals surface area contributed by atoms with Gasteiger partial charge < -0.3 is 0 Å². The molecular formula is C13H37ISSi5. The average molecular weight is 493 g/mol. The first-order valence-electron chi connectivity index (χ1n) is 7.85. The van der Waals surface area contributed by atoms with Crippen LogP contribution in [0.2, 0.25) is 65.0 Å². The normalized spacial score (nSPS) is 33.4. The van der Waals surface area contributed by atoms with Crippen molar-refractivity contribution in [1.82, 2.24) is 0 Å². The van der Waals surface area contributed by atoms with E-state index in [-0.39, 0.29) is 8.93 Å². The van der Waals surface area contributed by atoms with E-state index in [1.807, 2.05) is 0 Å². The molecule has 0 aromatic heterocycles. The van der Waals surface area contributed by atoms with Crippen LogP contribution in [0.3, 0.4) is 0 Å². The van der Waals surface area contributed by atoms with E-state index in [4.69, 9.17) is 0 Å². The van der Waals surface area contributed by atoms with Crippen molar-refractivity contribution in [2.45, 2.75) is 65.0 Å². The molecule has 0 amide bonds. The zero-order valence-electron chi connectivity index (χ0n) is 15.7. The fourth-order valence-electron chi connectivity index (χ4n) is 4.84. The summed E-state index contributed by atoms with van der Waals surface area (Å²) in [4.78, 5) is 0. The van der Waals surface area contributed by atoms with Crippen LogP contribution < -0.4 is 0 Å². The van der Waals surface area contributed by atoms with Gasteiger partial charge in [0, 0.05) is 21.3 Å². The van der Waals surface area contributed by atoms with Crippen LogP contribution in [0.1, 0.15) is 0 Å². The molecule has 0 unspecified atom stereocenters. The lowest BCUT2D eigenvalue weighted by molar-refractivity contribution is 1.47. The van der Waals surface area contributed by atoms with E-state index in [0.717, 1.165) is 0 Å². The molecule has 0 saturated carbocycles. The summed E-state index contributed by atoms with van der Waals surface area (Å²) in [6.07, 6.45) is 5.60. The minimum absolute atomic E-state index is 0.310. The minimum Gasteiger partial charge on any atom is -0.276 e. The molecule has 1 aliphatic rings. The van der Waals surface area contributed by atoms with Crippen LogP contribution in [0.5, 0.6) is 0 Å². The highest BCUT2D eigenvalue weighted by molar-refractivity contribution is 14.1. The molecule has 1 aliphatic heterocycles. The third-order valence-corrected chi connectivity index (χ3v) is 151. The summed E-state index contributed by atoms with van der Waals surface area (Å²) in [5.41, 5.74) is 0. The van der Waals surface area contributed by atoms with Crippen molar-refractivity contribution in [1.29, 1.82) is 0 Å². The van der Waals surface area contributed by atoms with E-state index in [1.54, 1.807) is 6.04 Å². The largest absolute Gasteiger partial charge is 0.276 e. The van der Waals surface area contributed by atoms with E-state index in [2.05, 4.69) is 94.0 Å². The molecule has 0 spiro atoms. The lowest BCUT2D eigenvalue weighted by Crippen LogP contribution is -2.92. The standard InChI is InChI=1S/C13H37ISSi5/c1-15(2)16(3,4)18(7,8)20(11,13-12-14)19(9,10)17(15,5)6/h12-13H2,1-11H3. The smallest absolute Gasteiger partial charge is 0.0759 e. The van der Waals surface area contributed by atoms with Crippen molar-refractivity contribution in [3.05, 3.63) is 0 Å². The highest BCUT2D eigenvalue weighted by Gasteiger charge is 2.74. The zero-order chi connectivity index (χ0) is 16.4. The van der Waals surface area contributed by atoms with E-state index >= 15 is 0 Å². The number of rotatable bonds is 2. The predicted octanol–water partition coefficient (Wildman–Crippen LogP) is 5.72. The summed E-state index contributed by atoms with van der Waals surface area (Å²) in [5, 5.41) is 0. The SMILES string of the molecule is C[Si]1(C)[Si](C)(CCI)[Si](C)(C)[Si](C)(C)S(C)(C)[Si]1(C)C. The van der Waals surface area contributed by atoms with Gasteiger partial charge in [0.1, 0.15) is 0 Å². The van der Waals surface area contributed by atoms with Gasteiger partial charge in [0.15, 0.2) is 0 Å². The van der Waals surface area contributed by atoms with Crippen LogP contribution in [0.15, 0.2) is 0 Å². The summed E-state index contributed by atoms with van der Waals surface area (Å²) in [6.45, 7) is 23.6. The van der Waals surface area contributed by atoms with Crippen molar-refractivity contribution >= 4 is 66.3 Å². The van der Waals surface area contributed by atoms with Gasteiger partial charge in [0.25, 0.3) is 0 Å². The Morgan fingerprint density at radius 1 is 0.700 bits per heavy atom. The molecular weight excluding hydrogens is 456 g/mol. The highest BCUT2D eigenvalue weighted by atomic mass is 127. The van der Waals surface area contributed by atoms with Crippen LogP contribution in [0, 0.1) is 0 Å². The molecule has 0 radical (unpaired) electrons. The molecule has 0 N–H and O–H groups in total. The summed E-state index contributed by atoms with van der Waals surface area (Å²) < 4.78 is 1.43. The molecule has 1 fully saturated rings. The topological polar surface area (TPSA) is 0 Å². The van der Waals surface area contributed by atoms with Gasteiger partial charge in [-0.25, -0.2) is 0 Å². The second-order valence-corrected chi connectivity index (χ2v) is 78.1. The van der Waals surface area contributed by atoms with Gasteiger partial charge >= 0.3 is 0 Å². The lowest BCUT2D eigenvalue weighted by atomic mass is 11.0. The summed E-state index contributed by atoms with van der Waals surface area (Å²) >= 11 is 2.68. The number of alkyl halides is 1. The first-order chi connectivity index (χ1) is 8.56. The van der Waals surface area contributed by atoms with Gasteiger partial charge in [-0.2, -0.15) is 0 Å². The number of hydrogen-bond acceptors (Lipinski definition) is 0.